The maximum atomic E-state index is 13.0. The van der Waals surface area contributed by atoms with Crippen LogP contribution in [0.5, 0.6) is 0 Å². The van der Waals surface area contributed by atoms with Crippen LogP contribution in [0.25, 0.3) is 10.8 Å². The van der Waals surface area contributed by atoms with Crippen LogP contribution in [0.2, 0.25) is 0 Å². The SMILES string of the molecule is CN1CCN(CC(=O)NCC2(Cc3cccc4ccccc34)CCN(Cc3ccccc3)CC2)CC1.Cl. The molecule has 2 aliphatic rings. The lowest BCUT2D eigenvalue weighted by Crippen LogP contribution is -2.51. The predicted octanol–water partition coefficient (Wildman–Crippen LogP) is 4.45. The molecule has 2 heterocycles. The Balaban J connectivity index is 0.00000320. The van der Waals surface area contributed by atoms with Crippen molar-refractivity contribution in [3.05, 3.63) is 83.9 Å². The summed E-state index contributed by atoms with van der Waals surface area (Å²) in [6, 6.07) is 26.1. The molecule has 1 amide bonds. The molecule has 37 heavy (non-hydrogen) atoms. The van der Waals surface area contributed by atoms with Gasteiger partial charge in [-0.1, -0.05) is 72.8 Å². The lowest BCUT2D eigenvalue weighted by atomic mass is 9.73. The molecule has 6 heteroatoms. The van der Waals surface area contributed by atoms with Gasteiger partial charge < -0.3 is 10.2 Å². The molecule has 0 unspecified atom stereocenters. The molecule has 0 saturated carbocycles. The van der Waals surface area contributed by atoms with Gasteiger partial charge in [-0.05, 0) is 66.7 Å². The van der Waals surface area contributed by atoms with E-state index in [2.05, 4.69) is 99.9 Å². The molecule has 1 N–H and O–H groups in total. The molecule has 0 radical (unpaired) electrons. The first kappa shape index (κ1) is 27.6. The first-order valence-electron chi connectivity index (χ1n) is 13.5. The standard InChI is InChI=1S/C31H40N4O.ClH/c1-33-18-20-35(21-19-33)24-30(36)32-25-31(22-28-12-7-11-27-10-5-6-13-29(27)28)14-16-34(17-15-31)23-26-8-3-2-4-9-26;/h2-13H,14-25H2,1H3,(H,32,36);1H. The van der Waals surface area contributed by atoms with Gasteiger partial charge in [0.25, 0.3) is 0 Å². The van der Waals surface area contributed by atoms with Gasteiger partial charge in [0, 0.05) is 39.3 Å². The van der Waals surface area contributed by atoms with Crippen LogP contribution >= 0.6 is 12.4 Å². The summed E-state index contributed by atoms with van der Waals surface area (Å²) in [7, 11) is 2.15. The number of piperazine rings is 1. The number of fused-ring (bicyclic) bond motifs is 1. The second-order valence-corrected chi connectivity index (χ2v) is 10.9. The maximum Gasteiger partial charge on any atom is 0.234 e. The Labute approximate surface area is 228 Å². The van der Waals surface area contributed by atoms with E-state index in [0.29, 0.717) is 6.54 Å². The number of rotatable bonds is 8. The highest BCUT2D eigenvalue weighted by atomic mass is 35.5. The summed E-state index contributed by atoms with van der Waals surface area (Å²) in [6.07, 6.45) is 3.19. The van der Waals surface area contributed by atoms with E-state index >= 15 is 0 Å². The van der Waals surface area contributed by atoms with Gasteiger partial charge in [-0.2, -0.15) is 0 Å². The third-order valence-corrected chi connectivity index (χ3v) is 8.23. The highest BCUT2D eigenvalue weighted by Crippen LogP contribution is 2.37. The summed E-state index contributed by atoms with van der Waals surface area (Å²) in [5.74, 6) is 0.170. The van der Waals surface area contributed by atoms with Gasteiger partial charge in [0.1, 0.15) is 0 Å². The van der Waals surface area contributed by atoms with Gasteiger partial charge in [-0.15, -0.1) is 12.4 Å². The zero-order valence-electron chi connectivity index (χ0n) is 22.1. The zero-order chi connectivity index (χ0) is 24.8. The minimum absolute atomic E-state index is 0. The molecule has 0 atom stereocenters. The number of halogens is 1. The van der Waals surface area contributed by atoms with Crippen LogP contribution in [-0.2, 0) is 17.8 Å². The van der Waals surface area contributed by atoms with Gasteiger partial charge in [-0.25, -0.2) is 0 Å². The van der Waals surface area contributed by atoms with Crippen molar-refractivity contribution in [1.82, 2.24) is 20.0 Å². The number of hydrogen-bond donors (Lipinski definition) is 1. The second-order valence-electron chi connectivity index (χ2n) is 10.9. The summed E-state index contributed by atoms with van der Waals surface area (Å²) in [4.78, 5) is 20.2. The molecule has 2 fully saturated rings. The number of hydrogen-bond acceptors (Lipinski definition) is 4. The van der Waals surface area contributed by atoms with E-state index in [1.807, 2.05) is 0 Å². The Morgan fingerprint density at radius 2 is 1.49 bits per heavy atom. The number of piperidine rings is 1. The number of nitrogens with one attached hydrogen (secondary N) is 1. The third kappa shape index (κ3) is 7.32. The fraction of sp³-hybridized carbons (Fsp3) is 0.452. The van der Waals surface area contributed by atoms with Crippen LogP contribution in [0.4, 0.5) is 0 Å². The van der Waals surface area contributed by atoms with Crippen LogP contribution in [0.1, 0.15) is 24.0 Å². The van der Waals surface area contributed by atoms with Crippen molar-refractivity contribution in [1.29, 1.82) is 0 Å². The Morgan fingerprint density at radius 1 is 0.811 bits per heavy atom. The van der Waals surface area contributed by atoms with Gasteiger partial charge in [0.15, 0.2) is 0 Å². The van der Waals surface area contributed by atoms with Crippen molar-refractivity contribution in [2.75, 3.05) is 59.4 Å². The van der Waals surface area contributed by atoms with Crippen LogP contribution in [-0.4, -0.2) is 80.0 Å². The molecular weight excluding hydrogens is 480 g/mol. The van der Waals surface area contributed by atoms with E-state index in [9.17, 15) is 4.79 Å². The monoisotopic (exact) mass is 520 g/mol. The molecule has 5 nitrogen and oxygen atoms in total. The van der Waals surface area contributed by atoms with Crippen molar-refractivity contribution in [2.24, 2.45) is 5.41 Å². The zero-order valence-corrected chi connectivity index (χ0v) is 22.9. The van der Waals surface area contributed by atoms with E-state index < -0.39 is 0 Å². The summed E-state index contributed by atoms with van der Waals surface area (Å²) in [6.45, 7) is 8.41. The first-order chi connectivity index (χ1) is 17.6. The average molecular weight is 521 g/mol. The maximum absolute atomic E-state index is 13.0. The minimum atomic E-state index is 0. The number of carbonyl (C=O) groups excluding carboxylic acids is 1. The van der Waals surface area contributed by atoms with Gasteiger partial charge >= 0.3 is 0 Å². The van der Waals surface area contributed by atoms with Crippen molar-refractivity contribution in [3.63, 3.8) is 0 Å². The molecule has 0 bridgehead atoms. The highest BCUT2D eigenvalue weighted by Gasteiger charge is 2.35. The minimum Gasteiger partial charge on any atom is -0.354 e. The smallest absolute Gasteiger partial charge is 0.234 e. The number of amides is 1. The predicted molar refractivity (Wildman–Crippen MR) is 155 cm³/mol. The van der Waals surface area contributed by atoms with Crippen LogP contribution < -0.4 is 5.32 Å². The molecule has 0 aliphatic carbocycles. The van der Waals surface area contributed by atoms with Crippen LogP contribution in [0.15, 0.2) is 72.8 Å². The molecule has 2 saturated heterocycles. The van der Waals surface area contributed by atoms with Crippen molar-refractivity contribution < 1.29 is 4.79 Å². The van der Waals surface area contributed by atoms with E-state index in [0.717, 1.165) is 71.6 Å². The summed E-state index contributed by atoms with van der Waals surface area (Å²) in [5.41, 5.74) is 2.85. The van der Waals surface area contributed by atoms with Crippen molar-refractivity contribution in [2.45, 2.75) is 25.8 Å². The molecule has 198 valence electrons. The van der Waals surface area contributed by atoms with E-state index in [4.69, 9.17) is 0 Å². The first-order valence-corrected chi connectivity index (χ1v) is 13.5. The fourth-order valence-electron chi connectivity index (χ4n) is 5.84. The topological polar surface area (TPSA) is 38.8 Å². The quantitative estimate of drug-likeness (QED) is 0.476. The highest BCUT2D eigenvalue weighted by molar-refractivity contribution is 5.86. The number of likely N-dealkylation sites (tertiary alicyclic amines) is 1. The Bertz CT molecular complexity index is 1130. The number of carbonyl (C=O) groups is 1. The Morgan fingerprint density at radius 3 is 2.24 bits per heavy atom. The average Bonchev–Trinajstić information content (AvgIpc) is 2.91. The molecule has 5 rings (SSSR count). The molecule has 3 aromatic carbocycles. The largest absolute Gasteiger partial charge is 0.354 e. The molecular formula is C31H41ClN4O. The summed E-state index contributed by atoms with van der Waals surface area (Å²) in [5, 5.41) is 6.01. The lowest BCUT2D eigenvalue weighted by Gasteiger charge is -2.42. The summed E-state index contributed by atoms with van der Waals surface area (Å²) >= 11 is 0. The number of benzene rings is 3. The Hall–Kier alpha value is -2.44. The van der Waals surface area contributed by atoms with Crippen LogP contribution in [0.3, 0.4) is 0 Å². The second kappa shape index (κ2) is 12.9. The number of likely N-dealkylation sites (N-methyl/N-ethyl adjacent to an activating group) is 1. The molecule has 2 aliphatic heterocycles. The van der Waals surface area contributed by atoms with E-state index in [1.54, 1.807) is 0 Å². The molecule has 0 spiro atoms. The van der Waals surface area contributed by atoms with E-state index in [1.165, 1.54) is 21.9 Å². The number of nitrogens with zero attached hydrogens (tertiary/aromatic N) is 3. The molecule has 3 aromatic rings. The normalized spacial score (nSPS) is 18.8. The van der Waals surface area contributed by atoms with Crippen LogP contribution in [0, 0.1) is 5.41 Å². The van der Waals surface area contributed by atoms with Crippen molar-refractivity contribution >= 4 is 29.1 Å². The third-order valence-electron chi connectivity index (χ3n) is 8.23. The van der Waals surface area contributed by atoms with E-state index in [-0.39, 0.29) is 23.7 Å². The Kier molecular flexibility index (Phi) is 9.60. The summed E-state index contributed by atoms with van der Waals surface area (Å²) < 4.78 is 0. The van der Waals surface area contributed by atoms with Gasteiger partial charge in [0.05, 0.1) is 6.54 Å². The van der Waals surface area contributed by atoms with Gasteiger partial charge in [-0.3, -0.25) is 14.6 Å². The van der Waals surface area contributed by atoms with Crippen molar-refractivity contribution in [3.8, 4) is 0 Å². The lowest BCUT2D eigenvalue weighted by molar-refractivity contribution is -0.123. The fourth-order valence-corrected chi connectivity index (χ4v) is 5.84. The molecule has 0 aromatic heterocycles. The van der Waals surface area contributed by atoms with Gasteiger partial charge in [0.2, 0.25) is 5.91 Å².